The lowest BCUT2D eigenvalue weighted by Gasteiger charge is -2.15. The summed E-state index contributed by atoms with van der Waals surface area (Å²) in [5.41, 5.74) is 1.04. The first-order valence-electron chi connectivity index (χ1n) is 6.81. The molecule has 2 rings (SSSR count). The Bertz CT molecular complexity index is 724. The summed E-state index contributed by atoms with van der Waals surface area (Å²) in [6.45, 7) is 2.78. The molecule has 0 fully saturated rings. The number of rotatable bonds is 6. The second kappa shape index (κ2) is 7.10. The Balaban J connectivity index is 2.03. The van der Waals surface area contributed by atoms with Crippen molar-refractivity contribution in [1.29, 1.82) is 0 Å². The van der Waals surface area contributed by atoms with E-state index in [2.05, 4.69) is 5.32 Å². The lowest BCUT2D eigenvalue weighted by Crippen LogP contribution is -2.22. The number of sulfonamides is 1. The van der Waals surface area contributed by atoms with Gasteiger partial charge in [-0.05, 0) is 36.8 Å². The number of thiophene rings is 1. The van der Waals surface area contributed by atoms with Crippen molar-refractivity contribution < 1.29 is 8.42 Å². The van der Waals surface area contributed by atoms with E-state index in [4.69, 9.17) is 11.6 Å². The number of hydrogen-bond acceptors (Lipinski definition) is 4. The van der Waals surface area contributed by atoms with Crippen molar-refractivity contribution in [2.45, 2.75) is 24.4 Å². The Labute approximate surface area is 140 Å². The molecule has 0 bridgehead atoms. The van der Waals surface area contributed by atoms with Gasteiger partial charge in [0.05, 0.1) is 9.23 Å². The fraction of sp³-hybridized carbons (Fsp3) is 0.333. The van der Waals surface area contributed by atoms with Crippen LogP contribution >= 0.6 is 22.9 Å². The second-order valence-electron chi connectivity index (χ2n) is 5.16. The molecule has 1 heterocycles. The molecule has 22 heavy (non-hydrogen) atoms. The van der Waals surface area contributed by atoms with Crippen molar-refractivity contribution in [2.75, 3.05) is 14.1 Å². The average Bonchev–Trinajstić information content (AvgIpc) is 2.90. The lowest BCUT2D eigenvalue weighted by atomic mass is 10.1. The summed E-state index contributed by atoms with van der Waals surface area (Å²) >= 11 is 7.46. The van der Waals surface area contributed by atoms with Crippen molar-refractivity contribution in [3.05, 3.63) is 51.2 Å². The third kappa shape index (κ3) is 4.08. The van der Waals surface area contributed by atoms with E-state index >= 15 is 0 Å². The fourth-order valence-electron chi connectivity index (χ4n) is 1.96. The van der Waals surface area contributed by atoms with Gasteiger partial charge in [0.2, 0.25) is 10.0 Å². The molecule has 0 saturated carbocycles. The highest BCUT2D eigenvalue weighted by Gasteiger charge is 2.17. The monoisotopic (exact) mass is 358 g/mol. The highest BCUT2D eigenvalue weighted by molar-refractivity contribution is 7.89. The summed E-state index contributed by atoms with van der Waals surface area (Å²) in [6.07, 6.45) is 0. The van der Waals surface area contributed by atoms with Crippen molar-refractivity contribution in [2.24, 2.45) is 0 Å². The smallest absolute Gasteiger partial charge is 0.242 e. The molecular formula is C15H19ClN2O2S2. The maximum absolute atomic E-state index is 12.0. The van der Waals surface area contributed by atoms with Crippen molar-refractivity contribution in [1.82, 2.24) is 9.62 Å². The van der Waals surface area contributed by atoms with Crippen molar-refractivity contribution in [3.63, 3.8) is 0 Å². The molecule has 0 aliphatic heterocycles. The van der Waals surface area contributed by atoms with Crippen LogP contribution in [0.1, 0.15) is 23.4 Å². The van der Waals surface area contributed by atoms with Gasteiger partial charge in [-0.25, -0.2) is 12.7 Å². The minimum Gasteiger partial charge on any atom is -0.305 e. The molecule has 7 heteroatoms. The van der Waals surface area contributed by atoms with Gasteiger partial charge in [-0.15, -0.1) is 11.3 Å². The van der Waals surface area contributed by atoms with E-state index in [9.17, 15) is 8.42 Å². The van der Waals surface area contributed by atoms with Crippen LogP contribution < -0.4 is 5.32 Å². The summed E-state index contributed by atoms with van der Waals surface area (Å²) in [5.74, 6) is 0. The van der Waals surface area contributed by atoms with Gasteiger partial charge >= 0.3 is 0 Å². The van der Waals surface area contributed by atoms with Gasteiger partial charge in [0.15, 0.2) is 0 Å². The highest BCUT2D eigenvalue weighted by atomic mass is 35.5. The van der Waals surface area contributed by atoms with Gasteiger partial charge in [0.25, 0.3) is 0 Å². The second-order valence-corrected chi connectivity index (χ2v) is 9.12. The van der Waals surface area contributed by atoms with Gasteiger partial charge in [0, 0.05) is 31.6 Å². The minimum atomic E-state index is -3.37. The van der Waals surface area contributed by atoms with E-state index in [0.29, 0.717) is 4.90 Å². The van der Waals surface area contributed by atoms with E-state index in [1.165, 1.54) is 23.3 Å². The Morgan fingerprint density at radius 1 is 1.18 bits per heavy atom. The molecule has 0 amide bonds. The van der Waals surface area contributed by atoms with E-state index in [0.717, 1.165) is 16.4 Å². The Morgan fingerprint density at radius 3 is 2.32 bits per heavy atom. The predicted molar refractivity (Wildman–Crippen MR) is 91.9 cm³/mol. The van der Waals surface area contributed by atoms with Gasteiger partial charge in [-0.1, -0.05) is 23.7 Å². The van der Waals surface area contributed by atoms with E-state index in [-0.39, 0.29) is 6.04 Å². The van der Waals surface area contributed by atoms with Gasteiger partial charge in [-0.3, -0.25) is 0 Å². The summed E-state index contributed by atoms with van der Waals surface area (Å²) in [5, 5.41) is 3.40. The maximum Gasteiger partial charge on any atom is 0.242 e. The third-order valence-electron chi connectivity index (χ3n) is 3.37. The number of hydrogen-bond donors (Lipinski definition) is 1. The summed E-state index contributed by atoms with van der Waals surface area (Å²) in [6, 6.07) is 11.0. The van der Waals surface area contributed by atoms with Crippen LogP contribution in [0.25, 0.3) is 0 Å². The zero-order valence-corrected chi connectivity index (χ0v) is 15.1. The molecule has 0 saturated heterocycles. The SMILES string of the molecule is CC(NCc1ccc(Cl)s1)c1ccc(S(=O)(=O)N(C)C)cc1. The van der Waals surface area contributed by atoms with Crippen LogP contribution in [0.4, 0.5) is 0 Å². The maximum atomic E-state index is 12.0. The molecule has 1 atom stereocenters. The number of nitrogens with one attached hydrogen (secondary N) is 1. The topological polar surface area (TPSA) is 49.4 Å². The molecule has 0 radical (unpaired) electrons. The van der Waals surface area contributed by atoms with Crippen molar-refractivity contribution in [3.8, 4) is 0 Å². The van der Waals surface area contributed by atoms with Crippen LogP contribution in [0.5, 0.6) is 0 Å². The Morgan fingerprint density at radius 2 is 1.82 bits per heavy atom. The number of halogens is 1. The molecule has 4 nitrogen and oxygen atoms in total. The first-order chi connectivity index (χ1) is 10.3. The number of nitrogens with zero attached hydrogens (tertiary/aromatic N) is 1. The van der Waals surface area contributed by atoms with Crippen LogP contribution in [0.2, 0.25) is 4.34 Å². The first kappa shape index (κ1) is 17.4. The molecule has 1 aromatic carbocycles. The molecule has 0 spiro atoms. The Hall–Kier alpha value is -0.920. The quantitative estimate of drug-likeness (QED) is 0.859. The van der Waals surface area contributed by atoms with Crippen LogP contribution in [0.15, 0.2) is 41.3 Å². The highest BCUT2D eigenvalue weighted by Crippen LogP contribution is 2.23. The van der Waals surface area contributed by atoms with Crippen molar-refractivity contribution >= 4 is 33.0 Å². The summed E-state index contributed by atoms with van der Waals surface area (Å²) in [4.78, 5) is 1.47. The van der Waals surface area contributed by atoms with Gasteiger partial charge < -0.3 is 5.32 Å². The zero-order valence-electron chi connectivity index (χ0n) is 12.7. The lowest BCUT2D eigenvalue weighted by molar-refractivity contribution is 0.520. The molecule has 0 aliphatic rings. The molecule has 1 aromatic heterocycles. The van der Waals surface area contributed by atoms with E-state index < -0.39 is 10.0 Å². The zero-order chi connectivity index (χ0) is 16.3. The van der Waals surface area contributed by atoms with Crippen LogP contribution in [0, 0.1) is 0 Å². The summed E-state index contributed by atoms with van der Waals surface area (Å²) < 4.78 is 26.0. The van der Waals surface area contributed by atoms with Crippen LogP contribution in [-0.4, -0.2) is 26.8 Å². The fourth-order valence-corrected chi connectivity index (χ4v) is 3.90. The molecule has 120 valence electrons. The van der Waals surface area contributed by atoms with E-state index in [1.54, 1.807) is 23.5 Å². The molecular weight excluding hydrogens is 340 g/mol. The number of benzene rings is 1. The van der Waals surface area contributed by atoms with Gasteiger partial charge in [-0.2, -0.15) is 0 Å². The average molecular weight is 359 g/mol. The molecule has 1 unspecified atom stereocenters. The molecule has 0 aliphatic carbocycles. The largest absolute Gasteiger partial charge is 0.305 e. The normalized spacial score (nSPS) is 13.5. The standard InChI is InChI=1S/C15H19ClN2O2S2/c1-11(17-10-13-6-9-15(16)21-13)12-4-7-14(8-5-12)22(19,20)18(2)3/h4-9,11,17H,10H2,1-3H3. The van der Waals surface area contributed by atoms with E-state index in [1.807, 2.05) is 31.2 Å². The van der Waals surface area contributed by atoms with Gasteiger partial charge in [0.1, 0.15) is 0 Å². The minimum absolute atomic E-state index is 0.122. The molecule has 1 N–H and O–H groups in total. The summed E-state index contributed by atoms with van der Waals surface area (Å²) in [7, 11) is -0.317. The molecule has 2 aromatic rings. The Kier molecular flexibility index (Phi) is 5.63. The predicted octanol–water partition coefficient (Wildman–Crippen LogP) is 3.50. The third-order valence-corrected chi connectivity index (χ3v) is 6.43. The van der Waals surface area contributed by atoms with Crippen LogP contribution in [0.3, 0.4) is 0 Å². The first-order valence-corrected chi connectivity index (χ1v) is 9.44. The van der Waals surface area contributed by atoms with Crippen LogP contribution in [-0.2, 0) is 16.6 Å².